The van der Waals surface area contributed by atoms with Crippen LogP contribution in [0.25, 0.3) is 0 Å². The number of ether oxygens (including phenoxy) is 2. The normalized spacial score (nSPS) is 15.3. The van der Waals surface area contributed by atoms with Crippen molar-refractivity contribution in [3.8, 4) is 11.5 Å². The Labute approximate surface area is 192 Å². The Bertz CT molecular complexity index is 1120. The van der Waals surface area contributed by atoms with Gasteiger partial charge in [-0.1, -0.05) is 0 Å². The summed E-state index contributed by atoms with van der Waals surface area (Å²) in [5.74, 6) is 2.00. The fourth-order valence-corrected chi connectivity index (χ4v) is 4.35. The van der Waals surface area contributed by atoms with Gasteiger partial charge in [0.05, 0.1) is 31.8 Å². The highest BCUT2D eigenvalue weighted by Gasteiger charge is 2.25. The van der Waals surface area contributed by atoms with E-state index in [4.69, 9.17) is 13.9 Å². The number of benzene rings is 1. The topological polar surface area (TPSA) is 92.1 Å². The summed E-state index contributed by atoms with van der Waals surface area (Å²) in [6.07, 6.45) is 3.42. The standard InChI is InChI=1S/C24H27N5O4/c1-31-21-11-16-14-29(15-17(16)12-22(21)32-2)23-4-3-20(33-23)24(30)27-18-13-26-6-5-19(18)28-9-7-25-8-10-28/h3-6,11-13,25H,7-10,14-15H2,1-2H3,(H,27,30). The molecule has 5 rings (SSSR count). The van der Waals surface area contributed by atoms with Gasteiger partial charge in [0.1, 0.15) is 0 Å². The number of hydrogen-bond acceptors (Lipinski definition) is 8. The molecule has 0 spiro atoms. The summed E-state index contributed by atoms with van der Waals surface area (Å²) >= 11 is 0. The van der Waals surface area contributed by atoms with Crippen LogP contribution < -0.4 is 29.9 Å². The maximum Gasteiger partial charge on any atom is 0.291 e. The fraction of sp³-hybridized carbons (Fsp3) is 0.333. The number of carbonyl (C=O) groups is 1. The van der Waals surface area contributed by atoms with Crippen LogP contribution in [0.15, 0.2) is 47.1 Å². The second-order valence-corrected chi connectivity index (χ2v) is 8.05. The number of methoxy groups -OCH3 is 2. The van der Waals surface area contributed by atoms with Crippen molar-refractivity contribution in [2.45, 2.75) is 13.1 Å². The predicted molar refractivity (Wildman–Crippen MR) is 125 cm³/mol. The number of amides is 1. The first kappa shape index (κ1) is 21.1. The summed E-state index contributed by atoms with van der Waals surface area (Å²) in [5.41, 5.74) is 3.93. The minimum absolute atomic E-state index is 0.256. The summed E-state index contributed by atoms with van der Waals surface area (Å²) in [6.45, 7) is 4.91. The average Bonchev–Trinajstić information content (AvgIpc) is 3.51. The summed E-state index contributed by atoms with van der Waals surface area (Å²) in [7, 11) is 3.26. The molecule has 1 amide bonds. The summed E-state index contributed by atoms with van der Waals surface area (Å²) in [4.78, 5) is 21.5. The molecule has 3 aromatic rings. The molecule has 0 saturated carbocycles. The highest BCUT2D eigenvalue weighted by molar-refractivity contribution is 6.04. The van der Waals surface area contributed by atoms with Crippen LogP contribution in [0, 0.1) is 0 Å². The molecule has 2 aliphatic rings. The smallest absolute Gasteiger partial charge is 0.291 e. The lowest BCUT2D eigenvalue weighted by Gasteiger charge is -2.30. The van der Waals surface area contributed by atoms with Gasteiger partial charge in [-0.2, -0.15) is 0 Å². The van der Waals surface area contributed by atoms with Gasteiger partial charge < -0.3 is 34.3 Å². The minimum Gasteiger partial charge on any atom is -0.493 e. The molecule has 0 radical (unpaired) electrons. The average molecular weight is 450 g/mol. The lowest BCUT2D eigenvalue weighted by Crippen LogP contribution is -2.43. The SMILES string of the molecule is COc1cc2c(cc1OC)CN(c1ccc(C(=O)Nc3cnccc3N3CCNCC3)o1)C2. The number of rotatable bonds is 6. The Morgan fingerprint density at radius 1 is 1.03 bits per heavy atom. The number of fused-ring (bicyclic) bond motifs is 1. The zero-order valence-corrected chi connectivity index (χ0v) is 18.8. The molecule has 4 heterocycles. The van der Waals surface area contributed by atoms with E-state index >= 15 is 0 Å². The van der Waals surface area contributed by atoms with Crippen LogP contribution in [0.2, 0.25) is 0 Å². The molecule has 172 valence electrons. The Hall–Kier alpha value is -3.72. The Kier molecular flexibility index (Phi) is 5.78. The third-order valence-electron chi connectivity index (χ3n) is 6.06. The lowest BCUT2D eigenvalue weighted by atomic mass is 10.1. The fourth-order valence-electron chi connectivity index (χ4n) is 4.35. The van der Waals surface area contributed by atoms with Crippen molar-refractivity contribution in [1.82, 2.24) is 10.3 Å². The maximum absolute atomic E-state index is 12.9. The first-order chi connectivity index (χ1) is 16.2. The number of piperazine rings is 1. The van der Waals surface area contributed by atoms with E-state index in [2.05, 4.69) is 25.4 Å². The van der Waals surface area contributed by atoms with Crippen molar-refractivity contribution >= 4 is 23.2 Å². The van der Waals surface area contributed by atoms with Crippen LogP contribution in [-0.2, 0) is 13.1 Å². The molecule has 9 nitrogen and oxygen atoms in total. The first-order valence-electron chi connectivity index (χ1n) is 11.0. The third-order valence-corrected chi connectivity index (χ3v) is 6.06. The zero-order chi connectivity index (χ0) is 22.8. The molecule has 0 bridgehead atoms. The monoisotopic (exact) mass is 449 g/mol. The first-order valence-corrected chi connectivity index (χ1v) is 11.0. The second kappa shape index (κ2) is 9.03. The van der Waals surface area contributed by atoms with Crippen LogP contribution in [0.1, 0.15) is 21.7 Å². The largest absolute Gasteiger partial charge is 0.493 e. The molecule has 2 N–H and O–H groups in total. The Balaban J connectivity index is 1.30. The minimum atomic E-state index is -0.300. The van der Waals surface area contributed by atoms with Gasteiger partial charge in [-0.15, -0.1) is 0 Å². The number of pyridine rings is 1. The van der Waals surface area contributed by atoms with Crippen molar-refractivity contribution in [2.24, 2.45) is 0 Å². The van der Waals surface area contributed by atoms with Crippen LogP contribution in [0.3, 0.4) is 0 Å². The number of nitrogens with one attached hydrogen (secondary N) is 2. The quantitative estimate of drug-likeness (QED) is 0.594. The van der Waals surface area contributed by atoms with Crippen molar-refractivity contribution < 1.29 is 18.7 Å². The van der Waals surface area contributed by atoms with E-state index in [1.165, 1.54) is 0 Å². The summed E-state index contributed by atoms with van der Waals surface area (Å²) in [6, 6.07) is 9.44. The number of anilines is 3. The lowest BCUT2D eigenvalue weighted by molar-refractivity contribution is 0.0997. The Morgan fingerprint density at radius 3 is 2.39 bits per heavy atom. The maximum atomic E-state index is 12.9. The van der Waals surface area contributed by atoms with Gasteiger partial charge in [-0.25, -0.2) is 0 Å². The van der Waals surface area contributed by atoms with E-state index in [0.717, 1.165) is 43.0 Å². The molecule has 0 unspecified atom stereocenters. The molecule has 1 fully saturated rings. The molecule has 2 aromatic heterocycles. The van der Waals surface area contributed by atoms with Crippen molar-refractivity contribution in [3.05, 3.63) is 59.6 Å². The molecular formula is C24H27N5O4. The van der Waals surface area contributed by atoms with Gasteiger partial charge in [0.2, 0.25) is 0 Å². The van der Waals surface area contributed by atoms with E-state index < -0.39 is 0 Å². The summed E-state index contributed by atoms with van der Waals surface area (Å²) < 4.78 is 16.8. The second-order valence-electron chi connectivity index (χ2n) is 8.05. The molecule has 9 heteroatoms. The van der Waals surface area contributed by atoms with Crippen LogP contribution in [0.5, 0.6) is 11.5 Å². The van der Waals surface area contributed by atoms with Crippen molar-refractivity contribution in [3.63, 3.8) is 0 Å². The van der Waals surface area contributed by atoms with E-state index in [9.17, 15) is 4.79 Å². The third kappa shape index (κ3) is 4.19. The number of furan rings is 1. The van der Waals surface area contributed by atoms with E-state index in [0.29, 0.717) is 36.2 Å². The molecule has 0 atom stereocenters. The zero-order valence-electron chi connectivity index (χ0n) is 18.8. The molecule has 0 aliphatic carbocycles. The molecular weight excluding hydrogens is 422 g/mol. The predicted octanol–water partition coefficient (Wildman–Crippen LogP) is 2.87. The number of hydrogen-bond donors (Lipinski definition) is 2. The molecule has 33 heavy (non-hydrogen) atoms. The van der Waals surface area contributed by atoms with Gasteiger partial charge in [0, 0.05) is 51.5 Å². The molecule has 1 saturated heterocycles. The van der Waals surface area contributed by atoms with Crippen LogP contribution in [0.4, 0.5) is 17.3 Å². The van der Waals surface area contributed by atoms with Gasteiger partial charge in [0.15, 0.2) is 23.1 Å². The van der Waals surface area contributed by atoms with Crippen molar-refractivity contribution in [1.29, 1.82) is 0 Å². The molecule has 2 aliphatic heterocycles. The van der Waals surface area contributed by atoms with Gasteiger partial charge in [0.25, 0.3) is 5.91 Å². The number of aromatic nitrogens is 1. The number of nitrogens with zero attached hydrogens (tertiary/aromatic N) is 3. The molecule has 1 aromatic carbocycles. The van der Waals surface area contributed by atoms with Gasteiger partial charge in [-0.3, -0.25) is 9.78 Å². The van der Waals surface area contributed by atoms with Crippen molar-refractivity contribution in [2.75, 3.05) is 55.5 Å². The highest BCUT2D eigenvalue weighted by Crippen LogP contribution is 2.37. The summed E-state index contributed by atoms with van der Waals surface area (Å²) in [5, 5.41) is 6.31. The van der Waals surface area contributed by atoms with E-state index in [1.807, 2.05) is 24.3 Å². The van der Waals surface area contributed by atoms with Crippen LogP contribution in [-0.4, -0.2) is 51.3 Å². The van der Waals surface area contributed by atoms with E-state index in [-0.39, 0.29) is 11.7 Å². The number of carbonyl (C=O) groups excluding carboxylic acids is 1. The van der Waals surface area contributed by atoms with Gasteiger partial charge in [-0.05, 0) is 35.4 Å². The van der Waals surface area contributed by atoms with Gasteiger partial charge >= 0.3 is 0 Å². The van der Waals surface area contributed by atoms with E-state index in [1.54, 1.807) is 32.7 Å². The highest BCUT2D eigenvalue weighted by atomic mass is 16.5. The Morgan fingerprint density at radius 2 is 1.73 bits per heavy atom. The van der Waals surface area contributed by atoms with Crippen LogP contribution >= 0.6 is 0 Å².